The molecule has 158 valence electrons. The molecule has 0 saturated heterocycles. The maximum Gasteiger partial charge on any atom is 0.234 e. The standard InChI is InChI=1S/C20H19BrF2N4O2S/c1-3-27-17(10-29-14-6-4-12(2)5-7-14)25-26-20(27)30-11-18(28)24-19-15(21)8-13(22)9-16(19)23/h4-9H,3,10-11H2,1-2H3,(H,24,28). The van der Waals surface area contributed by atoms with Crippen LogP contribution in [0.3, 0.4) is 0 Å². The SMILES string of the molecule is CCn1c(COc2ccc(C)cc2)nnc1SCC(=O)Nc1c(F)cc(F)cc1Br. The van der Waals surface area contributed by atoms with Gasteiger partial charge in [0.05, 0.1) is 11.4 Å². The van der Waals surface area contributed by atoms with Gasteiger partial charge in [0.15, 0.2) is 16.8 Å². The van der Waals surface area contributed by atoms with E-state index >= 15 is 0 Å². The van der Waals surface area contributed by atoms with Gasteiger partial charge in [-0.2, -0.15) is 0 Å². The zero-order valence-electron chi connectivity index (χ0n) is 16.3. The first-order valence-electron chi connectivity index (χ1n) is 9.06. The predicted molar refractivity (Wildman–Crippen MR) is 115 cm³/mol. The highest BCUT2D eigenvalue weighted by atomic mass is 79.9. The fourth-order valence-corrected chi connectivity index (χ4v) is 3.93. The summed E-state index contributed by atoms with van der Waals surface area (Å²) in [6.45, 7) is 4.78. The van der Waals surface area contributed by atoms with Crippen LogP contribution in [0.5, 0.6) is 5.75 Å². The Morgan fingerprint density at radius 3 is 2.63 bits per heavy atom. The van der Waals surface area contributed by atoms with E-state index in [1.165, 1.54) is 11.8 Å². The van der Waals surface area contributed by atoms with Gasteiger partial charge in [0, 0.05) is 17.1 Å². The third-order valence-corrected chi connectivity index (χ3v) is 5.69. The van der Waals surface area contributed by atoms with Crippen molar-refractivity contribution >= 4 is 39.3 Å². The lowest BCUT2D eigenvalue weighted by Gasteiger charge is -2.10. The van der Waals surface area contributed by atoms with Crippen LogP contribution in [-0.2, 0) is 17.9 Å². The van der Waals surface area contributed by atoms with Crippen LogP contribution in [0.4, 0.5) is 14.5 Å². The van der Waals surface area contributed by atoms with E-state index in [-0.39, 0.29) is 22.5 Å². The molecule has 1 heterocycles. The third kappa shape index (κ3) is 5.57. The van der Waals surface area contributed by atoms with E-state index in [2.05, 4.69) is 31.4 Å². The van der Waals surface area contributed by atoms with Crippen LogP contribution in [0.25, 0.3) is 0 Å². The number of aromatic nitrogens is 3. The highest BCUT2D eigenvalue weighted by Gasteiger charge is 2.16. The Labute approximate surface area is 185 Å². The van der Waals surface area contributed by atoms with Crippen molar-refractivity contribution in [1.29, 1.82) is 0 Å². The Hall–Kier alpha value is -2.46. The molecule has 0 saturated carbocycles. The Balaban J connectivity index is 1.60. The molecule has 3 aromatic rings. The quantitative estimate of drug-likeness (QED) is 0.446. The van der Waals surface area contributed by atoms with Crippen molar-refractivity contribution in [3.05, 3.63) is 63.9 Å². The van der Waals surface area contributed by atoms with E-state index in [0.717, 1.165) is 17.4 Å². The van der Waals surface area contributed by atoms with E-state index in [1.807, 2.05) is 42.7 Å². The molecule has 2 aromatic carbocycles. The second kappa shape index (κ2) is 10.0. The Kier molecular flexibility index (Phi) is 7.43. The van der Waals surface area contributed by atoms with Crippen LogP contribution < -0.4 is 10.1 Å². The molecule has 0 fully saturated rings. The second-order valence-corrected chi connectivity index (χ2v) is 8.12. The summed E-state index contributed by atoms with van der Waals surface area (Å²) in [5.74, 6) is -0.690. The summed E-state index contributed by atoms with van der Waals surface area (Å²) in [6.07, 6.45) is 0. The molecule has 0 aliphatic heterocycles. The van der Waals surface area contributed by atoms with E-state index in [1.54, 1.807) is 0 Å². The van der Waals surface area contributed by atoms with Crippen molar-refractivity contribution in [2.75, 3.05) is 11.1 Å². The fraction of sp³-hybridized carbons (Fsp3) is 0.250. The summed E-state index contributed by atoms with van der Waals surface area (Å²) < 4.78 is 34.8. The molecule has 3 rings (SSSR count). The number of thioether (sulfide) groups is 1. The molecule has 0 aliphatic rings. The van der Waals surface area contributed by atoms with E-state index in [0.29, 0.717) is 23.6 Å². The van der Waals surface area contributed by atoms with E-state index in [4.69, 9.17) is 4.74 Å². The Morgan fingerprint density at radius 2 is 1.97 bits per heavy atom. The number of rotatable bonds is 8. The first-order chi connectivity index (χ1) is 14.4. The number of hydrogen-bond acceptors (Lipinski definition) is 5. The number of amides is 1. The first-order valence-corrected chi connectivity index (χ1v) is 10.8. The number of ether oxygens (including phenoxy) is 1. The predicted octanol–water partition coefficient (Wildman–Crippen LogP) is 4.96. The lowest BCUT2D eigenvalue weighted by molar-refractivity contribution is -0.113. The monoisotopic (exact) mass is 496 g/mol. The van der Waals surface area contributed by atoms with Gasteiger partial charge in [0.25, 0.3) is 0 Å². The molecule has 30 heavy (non-hydrogen) atoms. The molecule has 1 N–H and O–H groups in total. The summed E-state index contributed by atoms with van der Waals surface area (Å²) in [5.41, 5.74) is 1.04. The Bertz CT molecular complexity index is 1020. The number of benzene rings is 2. The molecule has 6 nitrogen and oxygen atoms in total. The molecular weight excluding hydrogens is 478 g/mol. The normalized spacial score (nSPS) is 10.8. The minimum absolute atomic E-state index is 0.0137. The van der Waals surface area contributed by atoms with Gasteiger partial charge in [-0.15, -0.1) is 10.2 Å². The molecule has 0 unspecified atom stereocenters. The molecule has 0 atom stereocenters. The van der Waals surface area contributed by atoms with Crippen molar-refractivity contribution in [3.8, 4) is 5.75 Å². The minimum Gasteiger partial charge on any atom is -0.486 e. The van der Waals surface area contributed by atoms with Gasteiger partial charge in [0.1, 0.15) is 18.2 Å². The molecule has 10 heteroatoms. The number of carbonyl (C=O) groups excluding carboxylic acids is 1. The second-order valence-electron chi connectivity index (χ2n) is 6.33. The van der Waals surface area contributed by atoms with Crippen molar-refractivity contribution in [2.24, 2.45) is 0 Å². The summed E-state index contributed by atoms with van der Waals surface area (Å²) in [6, 6.07) is 9.48. The lowest BCUT2D eigenvalue weighted by atomic mass is 10.2. The number of hydrogen-bond donors (Lipinski definition) is 1. The molecule has 0 spiro atoms. The first kappa shape index (κ1) is 22.2. The number of aryl methyl sites for hydroxylation is 1. The molecular formula is C20H19BrF2N4O2S. The van der Waals surface area contributed by atoms with Gasteiger partial charge in [-0.25, -0.2) is 8.78 Å². The summed E-state index contributed by atoms with van der Waals surface area (Å²) in [4.78, 5) is 12.2. The maximum absolute atomic E-state index is 13.9. The van der Waals surface area contributed by atoms with Crippen LogP contribution in [-0.4, -0.2) is 26.4 Å². The Morgan fingerprint density at radius 1 is 1.23 bits per heavy atom. The van der Waals surface area contributed by atoms with Gasteiger partial charge in [-0.1, -0.05) is 29.5 Å². The third-order valence-electron chi connectivity index (χ3n) is 4.10. The molecule has 0 aliphatic carbocycles. The number of carbonyl (C=O) groups is 1. The van der Waals surface area contributed by atoms with Crippen molar-refractivity contribution in [1.82, 2.24) is 14.8 Å². The summed E-state index contributed by atoms with van der Waals surface area (Å²) in [7, 11) is 0. The van der Waals surface area contributed by atoms with Crippen molar-refractivity contribution < 1.29 is 18.3 Å². The van der Waals surface area contributed by atoms with Crippen LogP contribution in [0.2, 0.25) is 0 Å². The van der Waals surface area contributed by atoms with Gasteiger partial charge in [0.2, 0.25) is 5.91 Å². The number of nitrogens with zero attached hydrogens (tertiary/aromatic N) is 3. The molecule has 1 aromatic heterocycles. The fourth-order valence-electron chi connectivity index (χ4n) is 2.60. The van der Waals surface area contributed by atoms with E-state index < -0.39 is 17.5 Å². The van der Waals surface area contributed by atoms with Crippen LogP contribution >= 0.6 is 27.7 Å². The molecule has 0 bridgehead atoms. The van der Waals surface area contributed by atoms with Gasteiger partial charge >= 0.3 is 0 Å². The number of nitrogens with one attached hydrogen (secondary N) is 1. The van der Waals surface area contributed by atoms with Crippen LogP contribution in [0.1, 0.15) is 18.3 Å². The molecule has 1 amide bonds. The average Bonchev–Trinajstić information content (AvgIpc) is 3.10. The van der Waals surface area contributed by atoms with Crippen LogP contribution in [0, 0.1) is 18.6 Å². The smallest absolute Gasteiger partial charge is 0.234 e. The summed E-state index contributed by atoms with van der Waals surface area (Å²) in [5, 5.41) is 11.3. The van der Waals surface area contributed by atoms with Gasteiger partial charge in [-0.05, 0) is 48.0 Å². The number of anilines is 1. The van der Waals surface area contributed by atoms with Crippen molar-refractivity contribution in [3.63, 3.8) is 0 Å². The summed E-state index contributed by atoms with van der Waals surface area (Å²) >= 11 is 4.22. The van der Waals surface area contributed by atoms with Crippen molar-refractivity contribution in [2.45, 2.75) is 32.2 Å². The highest BCUT2D eigenvalue weighted by molar-refractivity contribution is 9.10. The highest BCUT2D eigenvalue weighted by Crippen LogP contribution is 2.27. The zero-order chi connectivity index (χ0) is 21.7. The topological polar surface area (TPSA) is 69.0 Å². The van der Waals surface area contributed by atoms with E-state index in [9.17, 15) is 13.6 Å². The average molecular weight is 497 g/mol. The largest absolute Gasteiger partial charge is 0.486 e. The minimum atomic E-state index is -0.854. The zero-order valence-corrected chi connectivity index (χ0v) is 18.7. The molecule has 0 radical (unpaired) electrons. The maximum atomic E-state index is 13.9. The van der Waals surface area contributed by atoms with Gasteiger partial charge < -0.3 is 14.6 Å². The van der Waals surface area contributed by atoms with Gasteiger partial charge in [-0.3, -0.25) is 4.79 Å². The number of halogens is 3. The van der Waals surface area contributed by atoms with Crippen LogP contribution in [0.15, 0.2) is 46.0 Å². The lowest BCUT2D eigenvalue weighted by Crippen LogP contribution is -2.16.